The zero-order valence-corrected chi connectivity index (χ0v) is 19.6. The van der Waals surface area contributed by atoms with Crippen molar-refractivity contribution in [3.8, 4) is 17.6 Å². The van der Waals surface area contributed by atoms with Crippen molar-refractivity contribution < 1.29 is 19.0 Å². The standard InChI is InChI=1S/C25H19ClFN3O3S/c1-30(25(31)32)10-3-6-18-14-23-20(9-11-34-23)24(28-18)29-19-7-8-22(21(26)13-19)33-15-16-4-2-5-17(27)12-16/h2,4-5,7-9,11-14H,10,15H2,1H3,(H,28,29)(H,31,32). The maximum absolute atomic E-state index is 13.4. The Bertz CT molecular complexity index is 1410. The number of fused-ring (bicyclic) bond motifs is 1. The first-order valence-electron chi connectivity index (χ1n) is 10.1. The molecule has 2 aromatic carbocycles. The van der Waals surface area contributed by atoms with Crippen molar-refractivity contribution in [1.82, 2.24) is 9.88 Å². The fourth-order valence-corrected chi connectivity index (χ4v) is 4.12. The van der Waals surface area contributed by atoms with E-state index in [0.717, 1.165) is 15.0 Å². The van der Waals surface area contributed by atoms with Gasteiger partial charge in [0, 0.05) is 22.8 Å². The van der Waals surface area contributed by atoms with Gasteiger partial charge in [0.1, 0.15) is 29.7 Å². The van der Waals surface area contributed by atoms with Crippen LogP contribution in [0.2, 0.25) is 5.02 Å². The number of aromatic nitrogens is 1. The fourth-order valence-electron chi connectivity index (χ4n) is 3.06. The van der Waals surface area contributed by atoms with E-state index in [2.05, 4.69) is 22.1 Å². The molecule has 6 nitrogen and oxygen atoms in total. The fraction of sp³-hybridized carbons (Fsp3) is 0.120. The summed E-state index contributed by atoms with van der Waals surface area (Å²) in [7, 11) is 1.45. The molecule has 2 aromatic heterocycles. The SMILES string of the molecule is CN(CC#Cc1cc2sccc2c(Nc2ccc(OCc3cccc(F)c3)c(Cl)c2)n1)C(=O)O. The van der Waals surface area contributed by atoms with Gasteiger partial charge < -0.3 is 20.1 Å². The van der Waals surface area contributed by atoms with E-state index in [1.54, 1.807) is 35.6 Å². The summed E-state index contributed by atoms with van der Waals surface area (Å²) in [5.41, 5.74) is 1.94. The van der Waals surface area contributed by atoms with Crippen LogP contribution < -0.4 is 10.1 Å². The van der Waals surface area contributed by atoms with E-state index >= 15 is 0 Å². The summed E-state index contributed by atoms with van der Waals surface area (Å²) < 4.78 is 20.1. The number of carbonyl (C=O) groups is 1. The molecule has 4 aromatic rings. The number of nitrogens with one attached hydrogen (secondary N) is 1. The number of nitrogens with zero attached hydrogens (tertiary/aromatic N) is 2. The Morgan fingerprint density at radius 3 is 2.88 bits per heavy atom. The second-order valence-corrected chi connectivity index (χ2v) is 8.67. The first-order chi connectivity index (χ1) is 16.4. The lowest BCUT2D eigenvalue weighted by molar-refractivity contribution is 0.161. The summed E-state index contributed by atoms with van der Waals surface area (Å²) in [6.45, 7) is 0.272. The number of ether oxygens (including phenoxy) is 1. The average Bonchev–Trinajstić information content (AvgIpc) is 3.27. The van der Waals surface area contributed by atoms with Gasteiger partial charge in [-0.05, 0) is 59.3 Å². The van der Waals surface area contributed by atoms with Crippen LogP contribution >= 0.6 is 22.9 Å². The number of thiophene rings is 1. The second-order valence-electron chi connectivity index (χ2n) is 7.32. The van der Waals surface area contributed by atoms with E-state index in [9.17, 15) is 9.18 Å². The number of halogens is 2. The zero-order valence-electron chi connectivity index (χ0n) is 18.0. The summed E-state index contributed by atoms with van der Waals surface area (Å²) in [4.78, 5) is 16.6. The van der Waals surface area contributed by atoms with Crippen LogP contribution in [-0.4, -0.2) is 34.7 Å². The normalized spacial score (nSPS) is 10.4. The third-order valence-corrected chi connectivity index (χ3v) is 5.95. The maximum Gasteiger partial charge on any atom is 0.407 e. The van der Waals surface area contributed by atoms with E-state index in [1.165, 1.54) is 19.2 Å². The molecule has 1 amide bonds. The number of pyridine rings is 1. The molecule has 0 aliphatic carbocycles. The van der Waals surface area contributed by atoms with Crippen LogP contribution in [0.25, 0.3) is 10.1 Å². The first-order valence-corrected chi connectivity index (χ1v) is 11.4. The molecule has 0 bridgehead atoms. The predicted octanol–water partition coefficient (Wildman–Crippen LogP) is 6.37. The summed E-state index contributed by atoms with van der Waals surface area (Å²) in [6.07, 6.45) is -1.04. The Morgan fingerprint density at radius 1 is 1.26 bits per heavy atom. The van der Waals surface area contributed by atoms with Crippen molar-refractivity contribution >= 4 is 50.6 Å². The molecule has 0 atom stereocenters. The molecule has 0 aliphatic heterocycles. The van der Waals surface area contributed by atoms with Crippen molar-refractivity contribution in [3.63, 3.8) is 0 Å². The Balaban J connectivity index is 1.51. The van der Waals surface area contributed by atoms with E-state index < -0.39 is 6.09 Å². The zero-order chi connectivity index (χ0) is 24.1. The third-order valence-electron chi connectivity index (χ3n) is 4.79. The van der Waals surface area contributed by atoms with Gasteiger partial charge in [0.25, 0.3) is 0 Å². The van der Waals surface area contributed by atoms with Gasteiger partial charge in [0.15, 0.2) is 0 Å². The maximum atomic E-state index is 13.4. The van der Waals surface area contributed by atoms with E-state index in [4.69, 9.17) is 21.4 Å². The molecule has 0 aliphatic rings. The monoisotopic (exact) mass is 495 g/mol. The molecule has 9 heteroatoms. The highest BCUT2D eigenvalue weighted by atomic mass is 35.5. The van der Waals surface area contributed by atoms with Gasteiger partial charge in [-0.3, -0.25) is 0 Å². The molecular weight excluding hydrogens is 477 g/mol. The van der Waals surface area contributed by atoms with Gasteiger partial charge in [-0.15, -0.1) is 11.3 Å². The molecule has 0 unspecified atom stereocenters. The van der Waals surface area contributed by atoms with Crippen LogP contribution in [-0.2, 0) is 6.61 Å². The van der Waals surface area contributed by atoms with E-state index in [-0.39, 0.29) is 19.0 Å². The molecule has 172 valence electrons. The third kappa shape index (κ3) is 5.76. The van der Waals surface area contributed by atoms with Gasteiger partial charge in [-0.1, -0.05) is 29.7 Å². The summed E-state index contributed by atoms with van der Waals surface area (Å²) >= 11 is 7.97. The number of benzene rings is 2. The summed E-state index contributed by atoms with van der Waals surface area (Å²) in [6, 6.07) is 15.3. The van der Waals surface area contributed by atoms with E-state index in [1.807, 2.05) is 23.6 Å². The Morgan fingerprint density at radius 2 is 2.12 bits per heavy atom. The molecule has 34 heavy (non-hydrogen) atoms. The van der Waals surface area contributed by atoms with Crippen LogP contribution in [0.3, 0.4) is 0 Å². The van der Waals surface area contributed by atoms with Crippen molar-refractivity contribution in [2.75, 3.05) is 18.9 Å². The highest BCUT2D eigenvalue weighted by molar-refractivity contribution is 7.17. The van der Waals surface area contributed by atoms with Gasteiger partial charge in [0.05, 0.1) is 11.6 Å². The lowest BCUT2D eigenvalue weighted by atomic mass is 10.2. The molecular formula is C25H19ClFN3O3S. The van der Waals surface area contributed by atoms with Crippen LogP contribution in [0, 0.1) is 17.7 Å². The number of rotatable bonds is 6. The number of hydrogen-bond acceptors (Lipinski definition) is 5. The lowest BCUT2D eigenvalue weighted by Gasteiger charge is -2.12. The number of anilines is 2. The molecule has 0 radical (unpaired) electrons. The highest BCUT2D eigenvalue weighted by Gasteiger charge is 2.10. The molecule has 0 saturated heterocycles. The van der Waals surface area contributed by atoms with Crippen LogP contribution in [0.1, 0.15) is 11.3 Å². The quantitative estimate of drug-likeness (QED) is 0.304. The first kappa shape index (κ1) is 23.4. The molecule has 2 N–H and O–H groups in total. The van der Waals surface area contributed by atoms with E-state index in [0.29, 0.717) is 33.5 Å². The van der Waals surface area contributed by atoms with Crippen molar-refractivity contribution in [3.05, 3.63) is 82.1 Å². The number of amides is 1. The van der Waals surface area contributed by atoms with Gasteiger partial charge in [-0.25, -0.2) is 14.2 Å². The van der Waals surface area contributed by atoms with Crippen LogP contribution in [0.5, 0.6) is 5.75 Å². The topological polar surface area (TPSA) is 74.7 Å². The predicted molar refractivity (Wildman–Crippen MR) is 133 cm³/mol. The molecule has 4 rings (SSSR count). The minimum absolute atomic E-state index is 0.0783. The molecule has 0 fully saturated rings. The minimum Gasteiger partial charge on any atom is -0.487 e. The smallest absolute Gasteiger partial charge is 0.407 e. The Hall–Kier alpha value is -3.80. The lowest BCUT2D eigenvalue weighted by Crippen LogP contribution is -2.24. The van der Waals surface area contributed by atoms with Crippen molar-refractivity contribution in [2.24, 2.45) is 0 Å². The average molecular weight is 496 g/mol. The molecule has 0 spiro atoms. The van der Waals surface area contributed by atoms with Crippen LogP contribution in [0.4, 0.5) is 20.7 Å². The summed E-state index contributed by atoms with van der Waals surface area (Å²) in [5, 5.41) is 15.5. The Labute approximate surface area is 204 Å². The Kier molecular flexibility index (Phi) is 7.16. The highest BCUT2D eigenvalue weighted by Crippen LogP contribution is 2.33. The van der Waals surface area contributed by atoms with Crippen molar-refractivity contribution in [2.45, 2.75) is 6.61 Å². The largest absolute Gasteiger partial charge is 0.487 e. The van der Waals surface area contributed by atoms with Gasteiger partial charge >= 0.3 is 6.09 Å². The minimum atomic E-state index is -1.04. The van der Waals surface area contributed by atoms with Crippen LogP contribution in [0.15, 0.2) is 60.0 Å². The number of carboxylic acid groups (broad SMARTS) is 1. The van der Waals surface area contributed by atoms with Gasteiger partial charge in [-0.2, -0.15) is 0 Å². The van der Waals surface area contributed by atoms with Crippen molar-refractivity contribution in [1.29, 1.82) is 0 Å². The molecule has 0 saturated carbocycles. The number of hydrogen-bond donors (Lipinski definition) is 2. The second kappa shape index (κ2) is 10.4. The molecule has 2 heterocycles. The van der Waals surface area contributed by atoms with Gasteiger partial charge in [0.2, 0.25) is 0 Å². The summed E-state index contributed by atoms with van der Waals surface area (Å²) in [5.74, 6) is 6.52.